The Morgan fingerprint density at radius 2 is 1.89 bits per heavy atom. The van der Waals surface area contributed by atoms with E-state index in [-0.39, 0.29) is 0 Å². The quantitative estimate of drug-likeness (QED) is 0.652. The van der Waals surface area contributed by atoms with Crippen LogP contribution in [0.1, 0.15) is 53.4 Å². The van der Waals surface area contributed by atoms with Crippen LogP contribution in [0.5, 0.6) is 0 Å². The van der Waals surface area contributed by atoms with Crippen molar-refractivity contribution in [1.82, 2.24) is 10.2 Å². The molecule has 0 atom stereocenters. The number of likely N-dealkylation sites (tertiary alicyclic amines) is 1. The molecule has 1 N–H and O–H groups in total. The van der Waals surface area contributed by atoms with Crippen molar-refractivity contribution in [1.29, 1.82) is 0 Å². The van der Waals surface area contributed by atoms with Crippen LogP contribution in [-0.4, -0.2) is 50.3 Å². The van der Waals surface area contributed by atoms with Gasteiger partial charge in [-0.25, -0.2) is 0 Å². The zero-order valence-corrected chi connectivity index (χ0v) is 13.5. The summed E-state index contributed by atoms with van der Waals surface area (Å²) in [5, 5.41) is 3.52. The van der Waals surface area contributed by atoms with Crippen LogP contribution in [0.2, 0.25) is 0 Å². The molecular formula is C16H34N2O. The molecule has 1 saturated heterocycles. The first kappa shape index (κ1) is 16.9. The fraction of sp³-hybridized carbons (Fsp3) is 1.00. The Bertz CT molecular complexity index is 223. The Kier molecular flexibility index (Phi) is 7.96. The summed E-state index contributed by atoms with van der Waals surface area (Å²) >= 11 is 0. The van der Waals surface area contributed by atoms with Gasteiger partial charge in [0.05, 0.1) is 6.10 Å². The van der Waals surface area contributed by atoms with Crippen LogP contribution < -0.4 is 5.32 Å². The van der Waals surface area contributed by atoms with Gasteiger partial charge in [-0.1, -0.05) is 20.3 Å². The molecule has 1 heterocycles. The van der Waals surface area contributed by atoms with Crippen LogP contribution in [-0.2, 0) is 4.74 Å². The van der Waals surface area contributed by atoms with Gasteiger partial charge in [0.25, 0.3) is 0 Å². The van der Waals surface area contributed by atoms with Gasteiger partial charge in [-0.3, -0.25) is 0 Å². The van der Waals surface area contributed by atoms with E-state index in [1.807, 2.05) is 0 Å². The van der Waals surface area contributed by atoms with Gasteiger partial charge in [-0.2, -0.15) is 0 Å². The third-order valence-corrected chi connectivity index (χ3v) is 4.47. The molecule has 19 heavy (non-hydrogen) atoms. The van der Waals surface area contributed by atoms with Gasteiger partial charge in [-0.05, 0) is 58.2 Å². The summed E-state index contributed by atoms with van der Waals surface area (Å²) in [6, 6.07) is 0. The van der Waals surface area contributed by atoms with Gasteiger partial charge in [0.1, 0.15) is 0 Å². The summed E-state index contributed by atoms with van der Waals surface area (Å²) in [7, 11) is 0. The minimum absolute atomic E-state index is 0.362. The maximum Gasteiger partial charge on any atom is 0.0518 e. The van der Waals surface area contributed by atoms with Crippen molar-refractivity contribution in [3.05, 3.63) is 0 Å². The highest BCUT2D eigenvalue weighted by atomic mass is 16.5. The lowest BCUT2D eigenvalue weighted by Crippen LogP contribution is -2.41. The minimum Gasteiger partial charge on any atom is -0.379 e. The lowest BCUT2D eigenvalue weighted by atomic mass is 9.78. The van der Waals surface area contributed by atoms with E-state index >= 15 is 0 Å². The summed E-state index contributed by atoms with van der Waals surface area (Å²) in [6.07, 6.45) is 5.54. The van der Waals surface area contributed by atoms with Crippen LogP contribution >= 0.6 is 0 Å². The van der Waals surface area contributed by atoms with Crippen molar-refractivity contribution in [2.75, 3.05) is 39.3 Å². The molecule has 0 saturated carbocycles. The highest BCUT2D eigenvalue weighted by Crippen LogP contribution is 2.33. The number of rotatable bonds is 9. The van der Waals surface area contributed by atoms with Crippen LogP contribution in [0.3, 0.4) is 0 Å². The molecule has 1 fully saturated rings. The molecule has 114 valence electrons. The molecule has 0 unspecified atom stereocenters. The number of hydrogen-bond donors (Lipinski definition) is 1. The molecule has 0 aromatic heterocycles. The Morgan fingerprint density at radius 3 is 2.47 bits per heavy atom. The molecule has 0 aromatic carbocycles. The van der Waals surface area contributed by atoms with E-state index in [4.69, 9.17) is 4.74 Å². The molecular weight excluding hydrogens is 236 g/mol. The summed E-state index contributed by atoms with van der Waals surface area (Å²) in [5.74, 6) is 0. The van der Waals surface area contributed by atoms with Crippen molar-refractivity contribution in [3.63, 3.8) is 0 Å². The van der Waals surface area contributed by atoms with Crippen molar-refractivity contribution in [2.24, 2.45) is 5.41 Å². The maximum atomic E-state index is 5.52. The number of ether oxygens (including phenoxy) is 1. The second-order valence-electron chi connectivity index (χ2n) is 6.53. The smallest absolute Gasteiger partial charge is 0.0518 e. The monoisotopic (exact) mass is 270 g/mol. The van der Waals surface area contributed by atoms with Crippen LogP contribution in [0.4, 0.5) is 0 Å². The molecule has 3 nitrogen and oxygen atoms in total. The molecule has 0 bridgehead atoms. The molecule has 0 spiro atoms. The molecule has 0 radical (unpaired) electrons. The highest BCUT2D eigenvalue weighted by Gasteiger charge is 2.27. The molecule has 0 aliphatic carbocycles. The standard InChI is InChI=1S/C16H34N2O/c1-5-16(4)7-11-18(12-8-16)13-10-17-9-6-14-19-15(2)3/h15,17H,5-14H2,1-4H3. The summed E-state index contributed by atoms with van der Waals surface area (Å²) in [5.41, 5.74) is 0.609. The third-order valence-electron chi connectivity index (χ3n) is 4.47. The Balaban J connectivity index is 1.94. The van der Waals surface area contributed by atoms with Crippen molar-refractivity contribution >= 4 is 0 Å². The van der Waals surface area contributed by atoms with E-state index in [0.717, 1.165) is 26.1 Å². The second-order valence-corrected chi connectivity index (χ2v) is 6.53. The minimum atomic E-state index is 0.362. The van der Waals surface area contributed by atoms with E-state index in [1.54, 1.807) is 0 Å². The highest BCUT2D eigenvalue weighted by molar-refractivity contribution is 4.81. The predicted molar refractivity (Wildman–Crippen MR) is 82.6 cm³/mol. The third kappa shape index (κ3) is 7.28. The van der Waals surface area contributed by atoms with E-state index in [0.29, 0.717) is 11.5 Å². The molecule has 0 aromatic rings. The van der Waals surface area contributed by atoms with Gasteiger partial charge in [0, 0.05) is 19.7 Å². The molecule has 1 aliphatic heterocycles. The van der Waals surface area contributed by atoms with E-state index in [1.165, 1.54) is 38.9 Å². The fourth-order valence-electron chi connectivity index (χ4n) is 2.55. The molecule has 3 heteroatoms. The molecule has 1 rings (SSSR count). The molecule has 0 amide bonds. The first-order chi connectivity index (χ1) is 9.06. The summed E-state index contributed by atoms with van der Waals surface area (Å²) < 4.78 is 5.52. The number of piperidine rings is 1. The topological polar surface area (TPSA) is 24.5 Å². The second kappa shape index (κ2) is 8.93. The number of nitrogens with zero attached hydrogens (tertiary/aromatic N) is 1. The maximum absolute atomic E-state index is 5.52. The Labute approximate surface area is 120 Å². The summed E-state index contributed by atoms with van der Waals surface area (Å²) in [6.45, 7) is 15.8. The SMILES string of the molecule is CCC1(C)CCN(CCNCCCOC(C)C)CC1. The fourth-order valence-corrected chi connectivity index (χ4v) is 2.55. The van der Waals surface area contributed by atoms with Gasteiger partial charge in [0.15, 0.2) is 0 Å². The van der Waals surface area contributed by atoms with E-state index in [2.05, 4.69) is 37.9 Å². The van der Waals surface area contributed by atoms with Crippen molar-refractivity contribution in [2.45, 2.75) is 59.5 Å². The van der Waals surface area contributed by atoms with Gasteiger partial charge >= 0.3 is 0 Å². The largest absolute Gasteiger partial charge is 0.379 e. The van der Waals surface area contributed by atoms with Crippen LogP contribution in [0, 0.1) is 5.41 Å². The zero-order chi connectivity index (χ0) is 14.1. The van der Waals surface area contributed by atoms with Gasteiger partial charge in [0.2, 0.25) is 0 Å². The molecule has 1 aliphatic rings. The van der Waals surface area contributed by atoms with Crippen molar-refractivity contribution < 1.29 is 4.74 Å². The van der Waals surface area contributed by atoms with E-state index in [9.17, 15) is 0 Å². The average molecular weight is 270 g/mol. The number of nitrogens with one attached hydrogen (secondary N) is 1. The number of hydrogen-bond acceptors (Lipinski definition) is 3. The van der Waals surface area contributed by atoms with Crippen LogP contribution in [0.25, 0.3) is 0 Å². The van der Waals surface area contributed by atoms with Crippen LogP contribution in [0.15, 0.2) is 0 Å². The van der Waals surface area contributed by atoms with Gasteiger partial charge < -0.3 is 15.0 Å². The first-order valence-electron chi connectivity index (χ1n) is 8.10. The normalized spacial score (nSPS) is 20.1. The average Bonchev–Trinajstić information content (AvgIpc) is 2.39. The Morgan fingerprint density at radius 1 is 1.21 bits per heavy atom. The lowest BCUT2D eigenvalue weighted by Gasteiger charge is -2.38. The predicted octanol–water partition coefficient (Wildman–Crippen LogP) is 2.90. The van der Waals surface area contributed by atoms with E-state index < -0.39 is 0 Å². The Hall–Kier alpha value is -0.120. The summed E-state index contributed by atoms with van der Waals surface area (Å²) in [4.78, 5) is 2.61. The van der Waals surface area contributed by atoms with Gasteiger partial charge in [-0.15, -0.1) is 0 Å². The van der Waals surface area contributed by atoms with Crippen molar-refractivity contribution in [3.8, 4) is 0 Å². The first-order valence-corrected chi connectivity index (χ1v) is 8.10. The lowest BCUT2D eigenvalue weighted by molar-refractivity contribution is 0.0767. The zero-order valence-electron chi connectivity index (χ0n) is 13.5.